The molecule has 2 heteroatoms. The van der Waals surface area contributed by atoms with Crippen molar-refractivity contribution in [3.05, 3.63) is 200 Å². The molecule has 244 valence electrons. The maximum Gasteiger partial charge on any atom is 0.0467 e. The molecule has 0 N–H and O–H groups in total. The molecule has 1 aromatic heterocycles. The van der Waals surface area contributed by atoms with Gasteiger partial charge in [0, 0.05) is 37.2 Å². The molecule has 0 aliphatic rings. The Labute approximate surface area is 307 Å². The first kappa shape index (κ1) is 30.4. The Hall–Kier alpha value is -6.48. The van der Waals surface area contributed by atoms with Gasteiger partial charge >= 0.3 is 0 Å². The molecule has 0 saturated heterocycles. The van der Waals surface area contributed by atoms with Crippen molar-refractivity contribution in [1.29, 1.82) is 0 Å². The predicted molar refractivity (Wildman–Crippen MR) is 225 cm³/mol. The van der Waals surface area contributed by atoms with E-state index in [1.165, 1.54) is 75.1 Å². The van der Waals surface area contributed by atoms with Crippen LogP contribution in [0, 0.1) is 0 Å². The topological polar surface area (TPSA) is 3.24 Å². The fourth-order valence-electron chi connectivity index (χ4n) is 7.54. The number of benzene rings is 9. The molecule has 10 aromatic rings. The van der Waals surface area contributed by atoms with Crippen LogP contribution in [0.5, 0.6) is 0 Å². The lowest BCUT2D eigenvalue weighted by Gasteiger charge is -2.27. The van der Waals surface area contributed by atoms with Crippen LogP contribution in [-0.2, 0) is 0 Å². The summed E-state index contributed by atoms with van der Waals surface area (Å²) in [6, 6.07) is 73.1. The molecule has 0 aliphatic heterocycles. The minimum absolute atomic E-state index is 1.11. The second-order valence-corrected chi connectivity index (χ2v) is 14.5. The first-order valence-corrected chi connectivity index (χ1v) is 18.6. The average Bonchev–Trinajstić information content (AvgIpc) is 3.59. The summed E-state index contributed by atoms with van der Waals surface area (Å²) < 4.78 is 2.65. The third kappa shape index (κ3) is 5.51. The van der Waals surface area contributed by atoms with Crippen LogP contribution in [0.2, 0.25) is 0 Å². The molecule has 10 rings (SSSR count). The lowest BCUT2D eigenvalue weighted by Crippen LogP contribution is -2.10. The Morgan fingerprint density at radius 3 is 1.38 bits per heavy atom. The first-order valence-electron chi connectivity index (χ1n) is 17.7. The summed E-state index contributed by atoms with van der Waals surface area (Å²) in [6.45, 7) is 0. The lowest BCUT2D eigenvalue weighted by atomic mass is 9.99. The Morgan fingerprint density at radius 1 is 0.269 bits per heavy atom. The van der Waals surface area contributed by atoms with Gasteiger partial charge in [-0.1, -0.05) is 140 Å². The van der Waals surface area contributed by atoms with Crippen LogP contribution in [0.4, 0.5) is 17.1 Å². The monoisotopic (exact) mass is 679 g/mol. The number of hydrogen-bond acceptors (Lipinski definition) is 2. The molecule has 1 heterocycles. The highest BCUT2D eigenvalue weighted by atomic mass is 32.1. The molecule has 0 radical (unpaired) electrons. The first-order chi connectivity index (χ1) is 25.7. The third-order valence-corrected chi connectivity index (χ3v) is 11.3. The average molecular weight is 680 g/mol. The van der Waals surface area contributed by atoms with E-state index in [1.807, 2.05) is 11.3 Å². The Balaban J connectivity index is 1.07. The maximum absolute atomic E-state index is 2.38. The standard InChI is InChI=1S/C50H33NS/c1-3-11-37-29-41(21-19-34(37)9-1)39-13-7-15-45(31-39)51(46-16-8-14-40(32-46)42-22-20-35-10-2-4-12-38(35)30-42)44-26-23-36(24-27-44)43-25-28-48-47-17-5-6-18-49(47)52-50(48)33-43/h1-33H. The Kier molecular flexibility index (Phi) is 7.41. The predicted octanol–water partition coefficient (Wildman–Crippen LogP) is 14.8. The second kappa shape index (κ2) is 12.7. The Morgan fingerprint density at radius 2 is 0.750 bits per heavy atom. The Bertz CT molecular complexity index is 2790. The molecule has 52 heavy (non-hydrogen) atoms. The molecule has 0 unspecified atom stereocenters. The number of hydrogen-bond donors (Lipinski definition) is 0. The van der Waals surface area contributed by atoms with E-state index in [-0.39, 0.29) is 0 Å². The van der Waals surface area contributed by atoms with Gasteiger partial charge in [0.25, 0.3) is 0 Å². The van der Waals surface area contributed by atoms with Crippen molar-refractivity contribution in [3.63, 3.8) is 0 Å². The van der Waals surface area contributed by atoms with E-state index in [9.17, 15) is 0 Å². The molecular formula is C50H33NS. The smallest absolute Gasteiger partial charge is 0.0467 e. The summed E-state index contributed by atoms with van der Waals surface area (Å²) in [5, 5.41) is 7.65. The molecule has 0 fully saturated rings. The second-order valence-electron chi connectivity index (χ2n) is 13.4. The molecular weight excluding hydrogens is 647 g/mol. The zero-order chi connectivity index (χ0) is 34.4. The normalized spacial score (nSPS) is 11.5. The summed E-state index contributed by atoms with van der Waals surface area (Å²) in [5.41, 5.74) is 10.6. The van der Waals surface area contributed by atoms with Crippen molar-refractivity contribution < 1.29 is 0 Å². The lowest BCUT2D eigenvalue weighted by molar-refractivity contribution is 1.28. The zero-order valence-corrected chi connectivity index (χ0v) is 29.2. The SMILES string of the molecule is c1cc(-c2ccc3ccccc3c2)cc(N(c2ccc(-c3ccc4c(c3)sc3ccccc34)cc2)c2cccc(-c3ccc4ccccc4c3)c2)c1. The van der Waals surface area contributed by atoms with Crippen molar-refractivity contribution in [2.75, 3.05) is 4.90 Å². The van der Waals surface area contributed by atoms with Crippen molar-refractivity contribution in [2.24, 2.45) is 0 Å². The van der Waals surface area contributed by atoms with E-state index in [1.54, 1.807) is 0 Å². The van der Waals surface area contributed by atoms with Crippen LogP contribution in [0.3, 0.4) is 0 Å². The van der Waals surface area contributed by atoms with Crippen molar-refractivity contribution >= 4 is 70.1 Å². The van der Waals surface area contributed by atoms with Gasteiger partial charge < -0.3 is 4.90 Å². The molecule has 0 bridgehead atoms. The number of thiophene rings is 1. The van der Waals surface area contributed by atoms with Gasteiger partial charge in [-0.3, -0.25) is 0 Å². The van der Waals surface area contributed by atoms with Gasteiger partial charge in [-0.25, -0.2) is 0 Å². The fraction of sp³-hybridized carbons (Fsp3) is 0. The minimum atomic E-state index is 1.11. The van der Waals surface area contributed by atoms with Crippen LogP contribution in [0.15, 0.2) is 200 Å². The summed E-state index contributed by atoms with van der Waals surface area (Å²) in [7, 11) is 0. The van der Waals surface area contributed by atoms with Gasteiger partial charge in [-0.2, -0.15) is 0 Å². The van der Waals surface area contributed by atoms with Gasteiger partial charge in [0.05, 0.1) is 0 Å². The summed E-state index contributed by atoms with van der Waals surface area (Å²) in [6.07, 6.45) is 0. The summed E-state index contributed by atoms with van der Waals surface area (Å²) in [5.74, 6) is 0. The third-order valence-electron chi connectivity index (χ3n) is 10.2. The zero-order valence-electron chi connectivity index (χ0n) is 28.4. The van der Waals surface area contributed by atoms with Crippen LogP contribution in [0.25, 0.3) is 75.1 Å². The van der Waals surface area contributed by atoms with E-state index in [0.717, 1.165) is 17.1 Å². The summed E-state index contributed by atoms with van der Waals surface area (Å²) in [4.78, 5) is 2.38. The molecule has 0 aliphatic carbocycles. The molecule has 0 saturated carbocycles. The minimum Gasteiger partial charge on any atom is -0.310 e. The highest BCUT2D eigenvalue weighted by molar-refractivity contribution is 7.25. The van der Waals surface area contributed by atoms with Crippen LogP contribution in [-0.4, -0.2) is 0 Å². The van der Waals surface area contributed by atoms with Gasteiger partial charge in [0.15, 0.2) is 0 Å². The molecule has 0 spiro atoms. The van der Waals surface area contributed by atoms with E-state index >= 15 is 0 Å². The number of fused-ring (bicyclic) bond motifs is 5. The molecule has 0 amide bonds. The van der Waals surface area contributed by atoms with Gasteiger partial charge in [0.1, 0.15) is 0 Å². The van der Waals surface area contributed by atoms with Crippen molar-refractivity contribution in [1.82, 2.24) is 0 Å². The summed E-state index contributed by atoms with van der Waals surface area (Å²) >= 11 is 1.86. The number of rotatable bonds is 6. The van der Waals surface area contributed by atoms with E-state index in [2.05, 4.69) is 205 Å². The van der Waals surface area contributed by atoms with Gasteiger partial charge in [-0.15, -0.1) is 11.3 Å². The van der Waals surface area contributed by atoms with E-state index in [0.29, 0.717) is 0 Å². The van der Waals surface area contributed by atoms with E-state index < -0.39 is 0 Å². The maximum atomic E-state index is 2.38. The quantitative estimate of drug-likeness (QED) is 0.169. The van der Waals surface area contributed by atoms with Gasteiger partial charge in [0.2, 0.25) is 0 Å². The van der Waals surface area contributed by atoms with E-state index in [4.69, 9.17) is 0 Å². The number of nitrogens with zero attached hydrogens (tertiary/aromatic N) is 1. The van der Waals surface area contributed by atoms with Crippen LogP contribution in [0.1, 0.15) is 0 Å². The van der Waals surface area contributed by atoms with Crippen LogP contribution < -0.4 is 4.90 Å². The largest absolute Gasteiger partial charge is 0.310 e. The van der Waals surface area contributed by atoms with Crippen molar-refractivity contribution in [3.8, 4) is 33.4 Å². The fourth-order valence-corrected chi connectivity index (χ4v) is 8.69. The molecule has 1 nitrogen and oxygen atoms in total. The highest BCUT2D eigenvalue weighted by Gasteiger charge is 2.16. The van der Waals surface area contributed by atoms with Crippen molar-refractivity contribution in [2.45, 2.75) is 0 Å². The molecule has 0 atom stereocenters. The van der Waals surface area contributed by atoms with Crippen LogP contribution >= 0.6 is 11.3 Å². The number of anilines is 3. The molecule has 9 aromatic carbocycles. The highest BCUT2D eigenvalue weighted by Crippen LogP contribution is 2.41. The van der Waals surface area contributed by atoms with Gasteiger partial charge in [-0.05, 0) is 116 Å².